The summed E-state index contributed by atoms with van der Waals surface area (Å²) in [6.07, 6.45) is 0. The Labute approximate surface area is 176 Å². The zero-order valence-electron chi connectivity index (χ0n) is 16.8. The van der Waals surface area contributed by atoms with Crippen LogP contribution in [0.4, 0.5) is 5.69 Å². The molecule has 0 saturated carbocycles. The van der Waals surface area contributed by atoms with E-state index in [0.29, 0.717) is 40.0 Å². The first-order valence-corrected chi connectivity index (χ1v) is 10.3. The van der Waals surface area contributed by atoms with Crippen molar-refractivity contribution < 1.29 is 9.53 Å². The number of aromatic nitrogens is 3. The fraction of sp³-hybridized carbons (Fsp3) is 0.182. The summed E-state index contributed by atoms with van der Waals surface area (Å²) in [6.45, 7) is 5.72. The Bertz CT molecular complexity index is 1280. The van der Waals surface area contributed by atoms with Crippen LogP contribution in [-0.2, 0) is 4.74 Å². The van der Waals surface area contributed by atoms with Crippen molar-refractivity contribution in [2.24, 2.45) is 4.99 Å². The predicted molar refractivity (Wildman–Crippen MR) is 119 cm³/mol. The molecule has 8 heteroatoms. The SMILES string of the molecule is CCOC(=O)c1ccc(N=C(C)c2c(C)[nH]n(-c3nc4ccccc4s3)c2=O)cc1. The topological polar surface area (TPSA) is 89.3 Å². The number of ether oxygens (including phenoxy) is 1. The fourth-order valence-electron chi connectivity index (χ4n) is 3.20. The summed E-state index contributed by atoms with van der Waals surface area (Å²) in [6, 6.07) is 14.5. The molecule has 0 unspecified atom stereocenters. The number of aliphatic imine (C=N–C) groups is 1. The van der Waals surface area contributed by atoms with Gasteiger partial charge < -0.3 is 4.74 Å². The molecule has 0 amide bonds. The number of para-hydroxylation sites is 1. The molecule has 4 aromatic rings. The molecule has 0 bridgehead atoms. The number of hydrogen-bond acceptors (Lipinski definition) is 6. The molecule has 0 atom stereocenters. The number of hydrogen-bond donors (Lipinski definition) is 1. The highest BCUT2D eigenvalue weighted by Crippen LogP contribution is 2.24. The van der Waals surface area contributed by atoms with Crippen LogP contribution in [0.3, 0.4) is 0 Å². The second-order valence-corrected chi connectivity index (χ2v) is 7.69. The molecule has 0 fully saturated rings. The number of benzene rings is 2. The fourth-order valence-corrected chi connectivity index (χ4v) is 4.12. The smallest absolute Gasteiger partial charge is 0.338 e. The molecule has 0 aliphatic rings. The number of carbonyl (C=O) groups excluding carboxylic acids is 1. The van der Waals surface area contributed by atoms with Gasteiger partial charge in [0.2, 0.25) is 5.13 Å². The summed E-state index contributed by atoms with van der Waals surface area (Å²) in [5, 5.41) is 3.69. The van der Waals surface area contributed by atoms with E-state index in [1.807, 2.05) is 31.2 Å². The van der Waals surface area contributed by atoms with Crippen molar-refractivity contribution in [1.29, 1.82) is 0 Å². The summed E-state index contributed by atoms with van der Waals surface area (Å²) >= 11 is 1.45. The van der Waals surface area contributed by atoms with Crippen LogP contribution >= 0.6 is 11.3 Å². The third kappa shape index (κ3) is 3.69. The number of aryl methyl sites for hydroxylation is 1. The third-order valence-corrected chi connectivity index (χ3v) is 5.60. The standard InChI is InChI=1S/C22H20N4O3S/c1-4-29-21(28)15-9-11-16(12-10-15)23-13(2)19-14(3)25-26(20(19)27)22-24-17-7-5-6-8-18(17)30-22/h5-12,25H,4H2,1-3H3. The second-order valence-electron chi connectivity index (χ2n) is 6.68. The van der Waals surface area contributed by atoms with E-state index in [2.05, 4.69) is 15.1 Å². The number of H-pyrrole nitrogens is 1. The van der Waals surface area contributed by atoms with Crippen LogP contribution < -0.4 is 5.56 Å². The number of nitrogens with one attached hydrogen (secondary N) is 1. The number of aromatic amines is 1. The number of fused-ring (bicyclic) bond motifs is 1. The first-order chi connectivity index (χ1) is 14.5. The van der Waals surface area contributed by atoms with Crippen LogP contribution in [-0.4, -0.2) is 33.1 Å². The van der Waals surface area contributed by atoms with Crippen molar-refractivity contribution in [2.75, 3.05) is 6.61 Å². The molecule has 0 aliphatic carbocycles. The van der Waals surface area contributed by atoms with Crippen molar-refractivity contribution >= 4 is 38.9 Å². The minimum Gasteiger partial charge on any atom is -0.462 e. The maximum atomic E-state index is 13.1. The Morgan fingerprint density at radius 3 is 2.63 bits per heavy atom. The van der Waals surface area contributed by atoms with Gasteiger partial charge in [0, 0.05) is 5.69 Å². The van der Waals surface area contributed by atoms with E-state index in [-0.39, 0.29) is 11.5 Å². The molecule has 2 aromatic heterocycles. The number of nitrogens with zero attached hydrogens (tertiary/aromatic N) is 3. The molecule has 1 N–H and O–H groups in total. The highest BCUT2D eigenvalue weighted by Gasteiger charge is 2.17. The normalized spacial score (nSPS) is 11.8. The van der Waals surface area contributed by atoms with Gasteiger partial charge in [-0.15, -0.1) is 0 Å². The van der Waals surface area contributed by atoms with Gasteiger partial charge >= 0.3 is 5.97 Å². The van der Waals surface area contributed by atoms with Crippen LogP contribution in [0, 0.1) is 6.92 Å². The van der Waals surface area contributed by atoms with E-state index < -0.39 is 0 Å². The zero-order chi connectivity index (χ0) is 21.3. The molecule has 4 rings (SSSR count). The number of rotatable bonds is 5. The van der Waals surface area contributed by atoms with Crippen LogP contribution in [0.2, 0.25) is 0 Å². The summed E-state index contributed by atoms with van der Waals surface area (Å²) in [5.41, 5.74) is 3.56. The average Bonchev–Trinajstić information content (AvgIpc) is 3.29. The van der Waals surface area contributed by atoms with Crippen molar-refractivity contribution in [3.8, 4) is 5.13 Å². The van der Waals surface area contributed by atoms with Crippen molar-refractivity contribution in [1.82, 2.24) is 14.8 Å². The summed E-state index contributed by atoms with van der Waals surface area (Å²) in [7, 11) is 0. The quantitative estimate of drug-likeness (QED) is 0.383. The average molecular weight is 420 g/mol. The number of esters is 1. The van der Waals surface area contributed by atoms with Gasteiger partial charge in [-0.1, -0.05) is 23.5 Å². The summed E-state index contributed by atoms with van der Waals surface area (Å²) in [5.74, 6) is -0.370. The van der Waals surface area contributed by atoms with Gasteiger partial charge in [-0.3, -0.25) is 14.9 Å². The molecular formula is C22H20N4O3S. The van der Waals surface area contributed by atoms with Crippen LogP contribution in [0.15, 0.2) is 58.3 Å². The van der Waals surface area contributed by atoms with Crippen LogP contribution in [0.25, 0.3) is 15.3 Å². The molecule has 2 aromatic carbocycles. The molecule has 0 spiro atoms. The lowest BCUT2D eigenvalue weighted by molar-refractivity contribution is 0.0526. The lowest BCUT2D eigenvalue weighted by Crippen LogP contribution is -2.19. The van der Waals surface area contributed by atoms with Gasteiger partial charge in [-0.2, -0.15) is 4.68 Å². The molecule has 0 radical (unpaired) electrons. The molecular weight excluding hydrogens is 400 g/mol. The van der Waals surface area contributed by atoms with Gasteiger partial charge in [0.25, 0.3) is 5.56 Å². The highest BCUT2D eigenvalue weighted by molar-refractivity contribution is 7.20. The van der Waals surface area contributed by atoms with E-state index in [1.54, 1.807) is 38.1 Å². The Morgan fingerprint density at radius 2 is 1.93 bits per heavy atom. The maximum Gasteiger partial charge on any atom is 0.338 e. The van der Waals surface area contributed by atoms with E-state index in [1.165, 1.54) is 16.0 Å². The number of carbonyl (C=O) groups is 1. The molecule has 0 saturated heterocycles. The maximum absolute atomic E-state index is 13.1. The minimum atomic E-state index is -0.370. The van der Waals surface area contributed by atoms with Gasteiger partial charge in [0.15, 0.2) is 0 Å². The summed E-state index contributed by atoms with van der Waals surface area (Å²) in [4.78, 5) is 34.0. The first-order valence-electron chi connectivity index (χ1n) is 9.48. The summed E-state index contributed by atoms with van der Waals surface area (Å²) < 4.78 is 7.46. The van der Waals surface area contributed by atoms with Crippen molar-refractivity contribution in [3.05, 3.63) is 75.7 Å². The van der Waals surface area contributed by atoms with Gasteiger partial charge in [0.05, 0.1) is 39.3 Å². The van der Waals surface area contributed by atoms with Crippen LogP contribution in [0.1, 0.15) is 35.5 Å². The molecule has 30 heavy (non-hydrogen) atoms. The Hall–Kier alpha value is -3.52. The van der Waals surface area contributed by atoms with Gasteiger partial charge in [0.1, 0.15) is 0 Å². The Balaban J connectivity index is 1.67. The largest absolute Gasteiger partial charge is 0.462 e. The predicted octanol–water partition coefficient (Wildman–Crippen LogP) is 4.40. The molecule has 152 valence electrons. The first kappa shape index (κ1) is 19.8. The van der Waals surface area contributed by atoms with E-state index in [0.717, 1.165) is 10.2 Å². The van der Waals surface area contributed by atoms with Crippen molar-refractivity contribution in [3.63, 3.8) is 0 Å². The second kappa shape index (κ2) is 8.08. The molecule has 7 nitrogen and oxygen atoms in total. The minimum absolute atomic E-state index is 0.198. The highest BCUT2D eigenvalue weighted by atomic mass is 32.1. The van der Waals surface area contributed by atoms with Crippen molar-refractivity contribution in [2.45, 2.75) is 20.8 Å². The molecule has 2 heterocycles. The number of thiazole rings is 1. The lowest BCUT2D eigenvalue weighted by Gasteiger charge is -2.02. The van der Waals surface area contributed by atoms with E-state index in [9.17, 15) is 9.59 Å². The van der Waals surface area contributed by atoms with E-state index >= 15 is 0 Å². The molecule has 0 aliphatic heterocycles. The Kier molecular flexibility index (Phi) is 5.33. The van der Waals surface area contributed by atoms with Gasteiger partial charge in [-0.05, 0) is 57.2 Å². The Morgan fingerprint density at radius 1 is 1.20 bits per heavy atom. The van der Waals surface area contributed by atoms with Gasteiger partial charge in [-0.25, -0.2) is 9.78 Å². The lowest BCUT2D eigenvalue weighted by atomic mass is 10.1. The monoisotopic (exact) mass is 420 g/mol. The zero-order valence-corrected chi connectivity index (χ0v) is 17.6. The van der Waals surface area contributed by atoms with E-state index in [4.69, 9.17) is 4.74 Å². The third-order valence-electron chi connectivity index (χ3n) is 4.58. The van der Waals surface area contributed by atoms with Crippen LogP contribution in [0.5, 0.6) is 0 Å².